The van der Waals surface area contributed by atoms with E-state index in [0.29, 0.717) is 6.42 Å². The molecule has 1 atom stereocenters. The molecule has 0 aromatic heterocycles. The predicted molar refractivity (Wildman–Crippen MR) is 54.7 cm³/mol. The van der Waals surface area contributed by atoms with Gasteiger partial charge in [-0.05, 0) is 24.7 Å². The van der Waals surface area contributed by atoms with Gasteiger partial charge in [-0.15, -0.1) is 0 Å². The van der Waals surface area contributed by atoms with Crippen LogP contribution >= 0.6 is 0 Å². The van der Waals surface area contributed by atoms with Gasteiger partial charge in [-0.2, -0.15) is 0 Å². The molecular weight excluding hydrogens is 182 g/mol. The Morgan fingerprint density at radius 3 is 2.29 bits per heavy atom. The highest BCUT2D eigenvalue weighted by Crippen LogP contribution is 2.13. The number of aliphatic carboxylic acids is 1. The van der Waals surface area contributed by atoms with Gasteiger partial charge in [-0.3, -0.25) is 4.79 Å². The van der Waals surface area contributed by atoms with Gasteiger partial charge < -0.3 is 10.3 Å². The fraction of sp³-hybridized carbons (Fsp3) is 0.800. The van der Waals surface area contributed by atoms with E-state index in [1.807, 2.05) is 20.8 Å². The van der Waals surface area contributed by atoms with Crippen molar-refractivity contribution in [1.29, 1.82) is 0 Å². The number of carboxylic acids is 1. The summed E-state index contributed by atoms with van der Waals surface area (Å²) in [4.78, 5) is 10.4. The van der Waals surface area contributed by atoms with Crippen LogP contribution in [0.25, 0.3) is 0 Å². The van der Waals surface area contributed by atoms with Gasteiger partial charge in [-0.1, -0.05) is 25.9 Å². The summed E-state index contributed by atoms with van der Waals surface area (Å²) >= 11 is 0. The van der Waals surface area contributed by atoms with Crippen molar-refractivity contribution in [3.63, 3.8) is 0 Å². The third kappa shape index (κ3) is 5.56. The van der Waals surface area contributed by atoms with Crippen LogP contribution in [-0.2, 0) is 4.79 Å². The van der Waals surface area contributed by atoms with E-state index < -0.39 is 5.97 Å². The van der Waals surface area contributed by atoms with E-state index in [0.717, 1.165) is 12.1 Å². The van der Waals surface area contributed by atoms with Crippen LogP contribution in [0.5, 0.6) is 0 Å². The quantitative estimate of drug-likeness (QED) is 0.393. The molecule has 0 aliphatic carbocycles. The molecule has 0 amide bonds. The fourth-order valence-electron chi connectivity index (χ4n) is 1.25. The zero-order chi connectivity index (χ0) is 11.1. The summed E-state index contributed by atoms with van der Waals surface area (Å²) in [5.41, 5.74) is 0.738. The fourth-order valence-corrected chi connectivity index (χ4v) is 1.25. The van der Waals surface area contributed by atoms with Crippen molar-refractivity contribution in [2.45, 2.75) is 40.0 Å². The highest BCUT2D eigenvalue weighted by Gasteiger charge is 2.11. The van der Waals surface area contributed by atoms with Crippen molar-refractivity contribution >= 4 is 11.7 Å². The van der Waals surface area contributed by atoms with Gasteiger partial charge in [0, 0.05) is 6.42 Å². The van der Waals surface area contributed by atoms with Crippen molar-refractivity contribution in [3.05, 3.63) is 0 Å². The zero-order valence-electron chi connectivity index (χ0n) is 9.03. The third-order valence-electron chi connectivity index (χ3n) is 2.21. The Bertz CT molecular complexity index is 211. The van der Waals surface area contributed by atoms with Crippen molar-refractivity contribution in [1.82, 2.24) is 0 Å². The molecule has 0 radical (unpaired) electrons. The molecule has 0 rings (SSSR count). The molecule has 0 fully saturated rings. The summed E-state index contributed by atoms with van der Waals surface area (Å²) in [7, 11) is 0. The standard InChI is InChI=1S/C10H19NO3/c1-7(2)9(11-14)5-4-8(3)6-10(12)13/h7-8,14H,4-6H2,1-3H3,(H,12,13)/b11-9+/t8-/m1/s1. The van der Waals surface area contributed by atoms with Gasteiger partial charge in [0.15, 0.2) is 0 Å². The van der Waals surface area contributed by atoms with Gasteiger partial charge >= 0.3 is 5.97 Å². The van der Waals surface area contributed by atoms with E-state index in [1.165, 1.54) is 0 Å². The minimum atomic E-state index is -0.774. The molecule has 82 valence electrons. The summed E-state index contributed by atoms with van der Waals surface area (Å²) in [6.45, 7) is 5.80. The topological polar surface area (TPSA) is 69.9 Å². The Hall–Kier alpha value is -1.06. The van der Waals surface area contributed by atoms with Gasteiger partial charge in [-0.25, -0.2) is 0 Å². The summed E-state index contributed by atoms with van der Waals surface area (Å²) in [6.07, 6.45) is 1.60. The first kappa shape index (κ1) is 12.9. The molecule has 14 heavy (non-hydrogen) atoms. The minimum absolute atomic E-state index is 0.128. The second-order valence-electron chi connectivity index (χ2n) is 3.99. The highest BCUT2D eigenvalue weighted by molar-refractivity contribution is 5.85. The normalized spacial score (nSPS) is 14.4. The number of rotatable bonds is 6. The molecule has 0 aliphatic rings. The van der Waals surface area contributed by atoms with Crippen LogP contribution in [0.4, 0.5) is 0 Å². The predicted octanol–water partition coefficient (Wildman–Crippen LogP) is 2.36. The molecule has 2 N–H and O–H groups in total. The monoisotopic (exact) mass is 201 g/mol. The van der Waals surface area contributed by atoms with E-state index in [2.05, 4.69) is 5.16 Å². The molecule has 4 nitrogen and oxygen atoms in total. The largest absolute Gasteiger partial charge is 0.481 e. The van der Waals surface area contributed by atoms with Gasteiger partial charge in [0.05, 0.1) is 5.71 Å². The maximum atomic E-state index is 10.4. The summed E-state index contributed by atoms with van der Waals surface area (Å²) in [5, 5.41) is 20.4. The second-order valence-corrected chi connectivity index (χ2v) is 3.99. The molecule has 0 aliphatic heterocycles. The molecule has 0 saturated carbocycles. The van der Waals surface area contributed by atoms with Crippen LogP contribution in [0.3, 0.4) is 0 Å². The van der Waals surface area contributed by atoms with Crippen molar-refractivity contribution in [3.8, 4) is 0 Å². The summed E-state index contributed by atoms with van der Waals surface area (Å²) in [5.74, 6) is -0.426. The first-order valence-electron chi connectivity index (χ1n) is 4.90. The lowest BCUT2D eigenvalue weighted by molar-refractivity contribution is -0.138. The number of carboxylic acid groups (broad SMARTS) is 1. The molecule has 4 heteroatoms. The first-order chi connectivity index (χ1) is 6.47. The van der Waals surface area contributed by atoms with E-state index in [9.17, 15) is 4.79 Å². The number of hydrogen-bond donors (Lipinski definition) is 2. The number of hydrogen-bond acceptors (Lipinski definition) is 3. The van der Waals surface area contributed by atoms with Crippen LogP contribution in [-0.4, -0.2) is 22.0 Å². The SMILES string of the molecule is CC(C)/C(CC[C@@H](C)CC(=O)O)=N/O. The summed E-state index contributed by atoms with van der Waals surface area (Å²) < 4.78 is 0. The Balaban J connectivity index is 3.86. The van der Waals surface area contributed by atoms with Crippen LogP contribution in [0.15, 0.2) is 5.16 Å². The Kier molecular flexibility index (Phi) is 5.92. The average molecular weight is 201 g/mol. The Morgan fingerprint density at radius 2 is 1.93 bits per heavy atom. The van der Waals surface area contributed by atoms with E-state index in [4.69, 9.17) is 10.3 Å². The summed E-state index contributed by atoms with van der Waals surface area (Å²) in [6, 6.07) is 0. The Morgan fingerprint density at radius 1 is 1.36 bits per heavy atom. The molecule has 0 unspecified atom stereocenters. The lowest BCUT2D eigenvalue weighted by Gasteiger charge is -2.11. The van der Waals surface area contributed by atoms with Crippen LogP contribution in [0.2, 0.25) is 0 Å². The highest BCUT2D eigenvalue weighted by atomic mass is 16.4. The number of carbonyl (C=O) groups is 1. The van der Waals surface area contributed by atoms with Crippen LogP contribution in [0, 0.1) is 11.8 Å². The maximum absolute atomic E-state index is 10.4. The molecule has 0 heterocycles. The third-order valence-corrected chi connectivity index (χ3v) is 2.21. The first-order valence-corrected chi connectivity index (χ1v) is 4.90. The molecule has 0 spiro atoms. The van der Waals surface area contributed by atoms with Crippen molar-refractivity contribution in [2.24, 2.45) is 17.0 Å². The van der Waals surface area contributed by atoms with Gasteiger partial charge in [0.1, 0.15) is 0 Å². The zero-order valence-corrected chi connectivity index (χ0v) is 9.03. The number of nitrogens with zero attached hydrogens (tertiary/aromatic N) is 1. The van der Waals surface area contributed by atoms with Crippen LogP contribution in [0.1, 0.15) is 40.0 Å². The van der Waals surface area contributed by atoms with Gasteiger partial charge in [0.2, 0.25) is 0 Å². The molecular formula is C10H19NO3. The lowest BCUT2D eigenvalue weighted by Crippen LogP contribution is -2.11. The molecule has 0 saturated heterocycles. The maximum Gasteiger partial charge on any atom is 0.303 e. The smallest absolute Gasteiger partial charge is 0.303 e. The molecule has 0 aromatic carbocycles. The molecule has 0 aromatic rings. The van der Waals surface area contributed by atoms with Gasteiger partial charge in [0.25, 0.3) is 0 Å². The lowest BCUT2D eigenvalue weighted by atomic mass is 9.96. The molecule has 0 bridgehead atoms. The van der Waals surface area contributed by atoms with E-state index in [-0.39, 0.29) is 18.3 Å². The Labute approximate surface area is 84.6 Å². The minimum Gasteiger partial charge on any atom is -0.481 e. The average Bonchev–Trinajstić information content (AvgIpc) is 2.03. The van der Waals surface area contributed by atoms with E-state index in [1.54, 1.807) is 0 Å². The van der Waals surface area contributed by atoms with Crippen molar-refractivity contribution in [2.75, 3.05) is 0 Å². The second kappa shape index (κ2) is 6.40. The van der Waals surface area contributed by atoms with Crippen LogP contribution < -0.4 is 0 Å². The van der Waals surface area contributed by atoms with E-state index >= 15 is 0 Å². The number of oxime groups is 1. The van der Waals surface area contributed by atoms with Crippen molar-refractivity contribution < 1.29 is 15.1 Å².